The van der Waals surface area contributed by atoms with Crippen molar-refractivity contribution in [3.8, 4) is 5.75 Å². The maximum atomic E-state index is 12.9. The van der Waals surface area contributed by atoms with E-state index < -0.39 is 41.3 Å². The Morgan fingerprint density at radius 3 is 2.23 bits per heavy atom. The molecule has 0 saturated carbocycles. The number of nitrogens with one attached hydrogen (secondary N) is 1. The van der Waals surface area contributed by atoms with E-state index in [1.54, 1.807) is 19.1 Å². The molecule has 184 valence electrons. The number of imide groups is 1. The van der Waals surface area contributed by atoms with Gasteiger partial charge >= 0.3 is 11.7 Å². The molecule has 2 aromatic rings. The zero-order valence-electron chi connectivity index (χ0n) is 19.7. The van der Waals surface area contributed by atoms with Crippen LogP contribution in [0, 0.1) is 23.0 Å². The van der Waals surface area contributed by atoms with Gasteiger partial charge in [0.25, 0.3) is 17.7 Å². The van der Waals surface area contributed by atoms with Crippen LogP contribution < -0.4 is 10.1 Å². The molecule has 0 unspecified atom stereocenters. The first kappa shape index (κ1) is 25.3. The van der Waals surface area contributed by atoms with E-state index in [1.165, 1.54) is 31.4 Å². The van der Waals surface area contributed by atoms with Crippen molar-refractivity contribution in [3.63, 3.8) is 0 Å². The summed E-state index contributed by atoms with van der Waals surface area (Å²) in [5, 5.41) is 13.7. The van der Waals surface area contributed by atoms with Gasteiger partial charge in [0.05, 0.1) is 23.2 Å². The lowest BCUT2D eigenvalue weighted by Gasteiger charge is -2.25. The van der Waals surface area contributed by atoms with Crippen LogP contribution in [0.15, 0.2) is 36.4 Å². The predicted octanol–water partition coefficient (Wildman–Crippen LogP) is 3.10. The Morgan fingerprint density at radius 1 is 1.11 bits per heavy atom. The summed E-state index contributed by atoms with van der Waals surface area (Å²) in [6.07, 6.45) is 0.157. The van der Waals surface area contributed by atoms with Crippen LogP contribution in [0.4, 0.5) is 11.4 Å². The minimum Gasteiger partial charge on any atom is -0.490 e. The molecule has 1 atom stereocenters. The van der Waals surface area contributed by atoms with Crippen molar-refractivity contribution in [2.24, 2.45) is 5.92 Å². The van der Waals surface area contributed by atoms with Crippen LogP contribution in [0.3, 0.4) is 0 Å². The molecule has 11 nitrogen and oxygen atoms in total. The zero-order chi connectivity index (χ0) is 25.9. The Labute approximate surface area is 201 Å². The zero-order valence-corrected chi connectivity index (χ0v) is 19.7. The number of aryl methyl sites for hydroxylation is 1. The van der Waals surface area contributed by atoms with Crippen molar-refractivity contribution in [3.05, 3.63) is 63.2 Å². The van der Waals surface area contributed by atoms with Gasteiger partial charge in [0.1, 0.15) is 6.04 Å². The molecule has 1 heterocycles. The van der Waals surface area contributed by atoms with Crippen LogP contribution >= 0.6 is 0 Å². The molecule has 0 radical (unpaired) electrons. The van der Waals surface area contributed by atoms with Crippen molar-refractivity contribution in [2.75, 3.05) is 19.0 Å². The van der Waals surface area contributed by atoms with Crippen LogP contribution in [0.5, 0.6) is 5.75 Å². The van der Waals surface area contributed by atoms with Gasteiger partial charge in [-0.05, 0) is 37.0 Å². The minimum absolute atomic E-state index is 0.0458. The molecule has 0 spiro atoms. The summed E-state index contributed by atoms with van der Waals surface area (Å²) in [7, 11) is 1.26. The minimum atomic E-state index is -1.20. The molecule has 1 N–H and O–H groups in total. The monoisotopic (exact) mass is 483 g/mol. The number of fused-ring (bicyclic) bond motifs is 1. The molecule has 0 bridgehead atoms. The second-order valence-corrected chi connectivity index (χ2v) is 8.42. The second kappa shape index (κ2) is 10.3. The third-order valence-electron chi connectivity index (χ3n) is 5.45. The molecule has 35 heavy (non-hydrogen) atoms. The summed E-state index contributed by atoms with van der Waals surface area (Å²) in [6.45, 7) is 4.54. The molecule has 2 aromatic carbocycles. The second-order valence-electron chi connectivity index (χ2n) is 8.42. The van der Waals surface area contributed by atoms with E-state index >= 15 is 0 Å². The number of anilines is 1. The fraction of sp³-hybridized carbons (Fsp3) is 0.333. The molecular weight excluding hydrogens is 458 g/mol. The van der Waals surface area contributed by atoms with Crippen molar-refractivity contribution in [2.45, 2.75) is 33.2 Å². The van der Waals surface area contributed by atoms with E-state index in [1.807, 2.05) is 13.8 Å². The highest BCUT2D eigenvalue weighted by atomic mass is 16.6. The lowest BCUT2D eigenvalue weighted by Crippen LogP contribution is -2.46. The molecule has 3 amide bonds. The number of benzene rings is 2. The van der Waals surface area contributed by atoms with Crippen LogP contribution in [0.1, 0.15) is 46.5 Å². The summed E-state index contributed by atoms with van der Waals surface area (Å²) in [5.41, 5.74) is 0.805. The Balaban J connectivity index is 1.72. The number of hydrogen-bond acceptors (Lipinski definition) is 8. The van der Waals surface area contributed by atoms with E-state index in [-0.39, 0.29) is 40.6 Å². The van der Waals surface area contributed by atoms with Gasteiger partial charge < -0.3 is 14.8 Å². The third kappa shape index (κ3) is 5.29. The summed E-state index contributed by atoms with van der Waals surface area (Å²) in [5.74, 6) is -2.88. The van der Waals surface area contributed by atoms with Gasteiger partial charge in [0.15, 0.2) is 12.4 Å². The van der Waals surface area contributed by atoms with E-state index in [4.69, 9.17) is 9.47 Å². The first-order chi connectivity index (χ1) is 16.5. The van der Waals surface area contributed by atoms with Crippen LogP contribution in [-0.2, 0) is 14.3 Å². The molecule has 3 rings (SSSR count). The SMILES string of the molecule is COc1cc(NC(=O)COC(=O)[C@@H](CC(C)C)N2C(=O)c3ccccc3C2=O)c(C)cc1[N+](=O)[O-]. The first-order valence-electron chi connectivity index (χ1n) is 10.8. The van der Waals surface area contributed by atoms with Crippen molar-refractivity contribution in [1.82, 2.24) is 4.90 Å². The fourth-order valence-corrected chi connectivity index (χ4v) is 3.78. The van der Waals surface area contributed by atoms with E-state index in [0.717, 1.165) is 4.90 Å². The van der Waals surface area contributed by atoms with Crippen LogP contribution in [-0.4, -0.2) is 53.3 Å². The topological polar surface area (TPSA) is 145 Å². The number of rotatable bonds is 9. The normalized spacial score (nSPS) is 13.5. The van der Waals surface area contributed by atoms with Gasteiger partial charge in [0, 0.05) is 17.8 Å². The smallest absolute Gasteiger partial charge is 0.329 e. The first-order valence-corrected chi connectivity index (χ1v) is 10.8. The number of nitrogens with zero attached hydrogens (tertiary/aromatic N) is 2. The van der Waals surface area contributed by atoms with Crippen molar-refractivity contribution in [1.29, 1.82) is 0 Å². The molecule has 0 saturated heterocycles. The maximum absolute atomic E-state index is 12.9. The number of hydrogen-bond donors (Lipinski definition) is 1. The standard InChI is InChI=1S/C24H25N3O8/c1-13(2)9-19(26-22(29)15-7-5-6-8-16(15)23(26)30)24(31)35-12-21(28)25-17-11-20(34-4)18(27(32)33)10-14(17)3/h5-8,10-11,13,19H,9,12H2,1-4H3,(H,25,28)/t19-/m1/s1. The Hall–Kier alpha value is -4.28. The van der Waals surface area contributed by atoms with Gasteiger partial charge in [-0.2, -0.15) is 0 Å². The molecular formula is C24H25N3O8. The van der Waals surface area contributed by atoms with Crippen molar-refractivity contribution >= 4 is 35.1 Å². The number of carbonyl (C=O) groups is 4. The van der Waals surface area contributed by atoms with Gasteiger partial charge in [-0.1, -0.05) is 26.0 Å². The Morgan fingerprint density at radius 2 is 1.71 bits per heavy atom. The van der Waals surface area contributed by atoms with Gasteiger partial charge in [-0.25, -0.2) is 4.79 Å². The number of esters is 1. The maximum Gasteiger partial charge on any atom is 0.329 e. The Kier molecular flexibility index (Phi) is 7.48. The van der Waals surface area contributed by atoms with Gasteiger partial charge in [-0.3, -0.25) is 29.4 Å². The fourth-order valence-electron chi connectivity index (χ4n) is 3.78. The van der Waals surface area contributed by atoms with Crippen LogP contribution in [0.25, 0.3) is 0 Å². The number of amides is 3. The molecule has 0 aliphatic carbocycles. The lowest BCUT2D eigenvalue weighted by atomic mass is 10.0. The number of methoxy groups -OCH3 is 1. The highest BCUT2D eigenvalue weighted by Gasteiger charge is 2.43. The third-order valence-corrected chi connectivity index (χ3v) is 5.45. The van der Waals surface area contributed by atoms with E-state index in [2.05, 4.69) is 5.32 Å². The predicted molar refractivity (Wildman–Crippen MR) is 124 cm³/mol. The molecule has 1 aliphatic heterocycles. The quantitative estimate of drug-likeness (QED) is 0.248. The number of nitro benzene ring substituents is 1. The number of ether oxygens (including phenoxy) is 2. The largest absolute Gasteiger partial charge is 0.490 e. The highest BCUT2D eigenvalue weighted by Crippen LogP contribution is 2.33. The van der Waals surface area contributed by atoms with Gasteiger partial charge in [-0.15, -0.1) is 0 Å². The lowest BCUT2D eigenvalue weighted by molar-refractivity contribution is -0.385. The summed E-state index contributed by atoms with van der Waals surface area (Å²) >= 11 is 0. The summed E-state index contributed by atoms with van der Waals surface area (Å²) in [6, 6.07) is 7.64. The van der Waals surface area contributed by atoms with E-state index in [0.29, 0.717) is 5.56 Å². The van der Waals surface area contributed by atoms with E-state index in [9.17, 15) is 29.3 Å². The average Bonchev–Trinajstić information content (AvgIpc) is 3.06. The molecule has 0 fully saturated rings. The van der Waals surface area contributed by atoms with Crippen molar-refractivity contribution < 1.29 is 33.6 Å². The molecule has 1 aliphatic rings. The number of carbonyl (C=O) groups excluding carboxylic acids is 4. The van der Waals surface area contributed by atoms with Gasteiger partial charge in [0.2, 0.25) is 0 Å². The number of nitro groups is 1. The molecule has 11 heteroatoms. The van der Waals surface area contributed by atoms with Crippen LogP contribution in [0.2, 0.25) is 0 Å². The highest BCUT2D eigenvalue weighted by molar-refractivity contribution is 6.22. The Bertz CT molecular complexity index is 1170. The molecule has 0 aromatic heterocycles. The average molecular weight is 483 g/mol. The summed E-state index contributed by atoms with van der Waals surface area (Å²) in [4.78, 5) is 62.5. The summed E-state index contributed by atoms with van der Waals surface area (Å²) < 4.78 is 10.2.